The standard InChI is InChI=1S/C20H23NO5/c1-14(26-13-16-5-4-6-18(11-16)25-3)19(22)21(2)12-15-7-9-17(10-8-15)20(23)24/h4-11,14H,12-13H2,1-3H3,(H,23,24). The molecule has 2 rings (SSSR count). The number of hydrogen-bond donors (Lipinski definition) is 1. The van der Waals surface area contributed by atoms with Crippen LogP contribution in [0.2, 0.25) is 0 Å². The predicted octanol–water partition coefficient (Wildman–Crippen LogP) is 2.96. The maximum atomic E-state index is 12.4. The Labute approximate surface area is 153 Å². The average Bonchev–Trinajstić information content (AvgIpc) is 2.66. The Bertz CT molecular complexity index is 757. The SMILES string of the molecule is COc1cccc(COC(C)C(=O)N(C)Cc2ccc(C(=O)O)cc2)c1. The van der Waals surface area contributed by atoms with E-state index in [-0.39, 0.29) is 11.5 Å². The molecule has 1 unspecified atom stereocenters. The lowest BCUT2D eigenvalue weighted by Gasteiger charge is -2.22. The maximum absolute atomic E-state index is 12.4. The Kier molecular flexibility index (Phi) is 6.74. The van der Waals surface area contributed by atoms with Crippen LogP contribution >= 0.6 is 0 Å². The summed E-state index contributed by atoms with van der Waals surface area (Å²) in [6.45, 7) is 2.41. The Morgan fingerprint density at radius 2 is 1.81 bits per heavy atom. The highest BCUT2D eigenvalue weighted by Crippen LogP contribution is 2.15. The van der Waals surface area contributed by atoms with Gasteiger partial charge in [0.25, 0.3) is 5.91 Å². The normalized spacial score (nSPS) is 11.7. The molecular weight excluding hydrogens is 334 g/mol. The van der Waals surface area contributed by atoms with Crippen LogP contribution in [0.5, 0.6) is 5.75 Å². The molecule has 2 aromatic rings. The van der Waals surface area contributed by atoms with Gasteiger partial charge in [-0.1, -0.05) is 24.3 Å². The van der Waals surface area contributed by atoms with Crippen LogP contribution < -0.4 is 4.74 Å². The van der Waals surface area contributed by atoms with Gasteiger partial charge in [0.05, 0.1) is 19.3 Å². The summed E-state index contributed by atoms with van der Waals surface area (Å²) in [5.41, 5.74) is 2.00. The molecule has 0 bridgehead atoms. The van der Waals surface area contributed by atoms with Gasteiger partial charge in [-0.3, -0.25) is 4.79 Å². The average molecular weight is 357 g/mol. The van der Waals surface area contributed by atoms with Crippen molar-refractivity contribution in [2.45, 2.75) is 26.2 Å². The molecule has 0 saturated heterocycles. The first-order valence-electron chi connectivity index (χ1n) is 8.22. The number of carbonyl (C=O) groups excluding carboxylic acids is 1. The van der Waals surface area contributed by atoms with E-state index in [1.165, 1.54) is 12.1 Å². The van der Waals surface area contributed by atoms with Crippen molar-refractivity contribution >= 4 is 11.9 Å². The molecule has 0 aliphatic rings. The molecule has 0 aliphatic heterocycles. The van der Waals surface area contributed by atoms with Crippen molar-refractivity contribution in [3.63, 3.8) is 0 Å². The minimum Gasteiger partial charge on any atom is -0.497 e. The van der Waals surface area contributed by atoms with Crippen LogP contribution in [0, 0.1) is 0 Å². The highest BCUT2D eigenvalue weighted by atomic mass is 16.5. The third-order valence-electron chi connectivity index (χ3n) is 3.98. The minimum absolute atomic E-state index is 0.143. The number of aromatic carboxylic acids is 1. The zero-order valence-corrected chi connectivity index (χ0v) is 15.1. The van der Waals surface area contributed by atoms with Crippen LogP contribution in [0.4, 0.5) is 0 Å². The van der Waals surface area contributed by atoms with Crippen LogP contribution in [0.15, 0.2) is 48.5 Å². The third-order valence-corrected chi connectivity index (χ3v) is 3.98. The van der Waals surface area contributed by atoms with Crippen molar-refractivity contribution in [1.29, 1.82) is 0 Å². The van der Waals surface area contributed by atoms with Gasteiger partial charge in [-0.25, -0.2) is 4.79 Å². The number of methoxy groups -OCH3 is 1. The molecule has 1 amide bonds. The largest absolute Gasteiger partial charge is 0.497 e. The molecule has 1 N–H and O–H groups in total. The number of likely N-dealkylation sites (N-methyl/N-ethyl adjacent to an activating group) is 1. The van der Waals surface area contributed by atoms with Gasteiger partial charge in [0, 0.05) is 13.6 Å². The summed E-state index contributed by atoms with van der Waals surface area (Å²) in [6, 6.07) is 14.0. The first-order valence-corrected chi connectivity index (χ1v) is 8.22. The summed E-state index contributed by atoms with van der Waals surface area (Å²) >= 11 is 0. The van der Waals surface area contributed by atoms with Crippen molar-refractivity contribution in [2.75, 3.05) is 14.2 Å². The summed E-state index contributed by atoms with van der Waals surface area (Å²) in [4.78, 5) is 24.9. The maximum Gasteiger partial charge on any atom is 0.335 e. The lowest BCUT2D eigenvalue weighted by Crippen LogP contribution is -2.35. The highest BCUT2D eigenvalue weighted by Gasteiger charge is 2.18. The molecule has 6 nitrogen and oxygen atoms in total. The Morgan fingerprint density at radius 3 is 2.42 bits per heavy atom. The molecule has 0 spiro atoms. The molecule has 0 radical (unpaired) electrons. The van der Waals surface area contributed by atoms with E-state index in [4.69, 9.17) is 14.6 Å². The zero-order chi connectivity index (χ0) is 19.1. The Morgan fingerprint density at radius 1 is 1.12 bits per heavy atom. The number of ether oxygens (including phenoxy) is 2. The topological polar surface area (TPSA) is 76.1 Å². The zero-order valence-electron chi connectivity index (χ0n) is 15.1. The van der Waals surface area contributed by atoms with Gasteiger partial charge in [0.2, 0.25) is 0 Å². The number of amides is 1. The van der Waals surface area contributed by atoms with E-state index in [2.05, 4.69) is 0 Å². The molecule has 0 saturated carbocycles. The summed E-state index contributed by atoms with van der Waals surface area (Å²) in [7, 11) is 3.29. The van der Waals surface area contributed by atoms with E-state index >= 15 is 0 Å². The van der Waals surface area contributed by atoms with Crippen LogP contribution in [-0.4, -0.2) is 42.1 Å². The fourth-order valence-corrected chi connectivity index (χ4v) is 2.47. The lowest BCUT2D eigenvalue weighted by molar-refractivity contribution is -0.142. The van der Waals surface area contributed by atoms with Crippen LogP contribution in [0.25, 0.3) is 0 Å². The predicted molar refractivity (Wildman–Crippen MR) is 97.1 cm³/mol. The van der Waals surface area contributed by atoms with E-state index in [0.717, 1.165) is 16.9 Å². The van der Waals surface area contributed by atoms with Gasteiger partial charge in [-0.2, -0.15) is 0 Å². The molecule has 0 aliphatic carbocycles. The van der Waals surface area contributed by atoms with E-state index in [1.54, 1.807) is 38.1 Å². The first kappa shape index (κ1) is 19.5. The van der Waals surface area contributed by atoms with Gasteiger partial charge in [0.15, 0.2) is 0 Å². The van der Waals surface area contributed by atoms with E-state index in [0.29, 0.717) is 13.2 Å². The number of rotatable bonds is 8. The van der Waals surface area contributed by atoms with Crippen molar-refractivity contribution < 1.29 is 24.2 Å². The number of nitrogens with zero attached hydrogens (tertiary/aromatic N) is 1. The summed E-state index contributed by atoms with van der Waals surface area (Å²) in [5, 5.41) is 8.92. The summed E-state index contributed by atoms with van der Waals surface area (Å²) in [5.74, 6) is -0.372. The lowest BCUT2D eigenvalue weighted by atomic mass is 10.1. The van der Waals surface area contributed by atoms with E-state index in [9.17, 15) is 9.59 Å². The van der Waals surface area contributed by atoms with Crippen molar-refractivity contribution in [3.05, 3.63) is 65.2 Å². The van der Waals surface area contributed by atoms with Crippen LogP contribution in [-0.2, 0) is 22.7 Å². The third kappa shape index (κ3) is 5.32. The molecular formula is C20H23NO5. The Hall–Kier alpha value is -2.86. The minimum atomic E-state index is -0.972. The van der Waals surface area contributed by atoms with Gasteiger partial charge < -0.3 is 19.5 Å². The van der Waals surface area contributed by atoms with Crippen molar-refractivity contribution in [1.82, 2.24) is 4.90 Å². The van der Waals surface area contributed by atoms with Crippen LogP contribution in [0.3, 0.4) is 0 Å². The monoisotopic (exact) mass is 357 g/mol. The molecule has 0 fully saturated rings. The van der Waals surface area contributed by atoms with Gasteiger partial charge in [-0.15, -0.1) is 0 Å². The number of carbonyl (C=O) groups is 2. The molecule has 6 heteroatoms. The molecule has 138 valence electrons. The number of carboxylic acids is 1. The summed E-state index contributed by atoms with van der Waals surface area (Å²) in [6.07, 6.45) is -0.593. The van der Waals surface area contributed by atoms with E-state index < -0.39 is 12.1 Å². The van der Waals surface area contributed by atoms with E-state index in [1.807, 2.05) is 24.3 Å². The van der Waals surface area contributed by atoms with Gasteiger partial charge in [-0.05, 0) is 42.3 Å². The number of carboxylic acid groups (broad SMARTS) is 1. The molecule has 26 heavy (non-hydrogen) atoms. The fraction of sp³-hybridized carbons (Fsp3) is 0.300. The number of benzene rings is 2. The Balaban J connectivity index is 1.88. The van der Waals surface area contributed by atoms with Crippen molar-refractivity contribution in [3.8, 4) is 5.75 Å². The number of hydrogen-bond acceptors (Lipinski definition) is 4. The molecule has 2 aromatic carbocycles. The molecule has 0 aromatic heterocycles. The van der Waals surface area contributed by atoms with Crippen LogP contribution in [0.1, 0.15) is 28.4 Å². The second kappa shape index (κ2) is 9.01. The van der Waals surface area contributed by atoms with Crippen molar-refractivity contribution in [2.24, 2.45) is 0 Å². The second-order valence-corrected chi connectivity index (χ2v) is 6.00. The van der Waals surface area contributed by atoms with Gasteiger partial charge in [0.1, 0.15) is 11.9 Å². The smallest absolute Gasteiger partial charge is 0.335 e. The highest BCUT2D eigenvalue weighted by molar-refractivity contribution is 5.87. The first-order chi connectivity index (χ1) is 12.4. The summed E-state index contributed by atoms with van der Waals surface area (Å²) < 4.78 is 10.8. The fourth-order valence-electron chi connectivity index (χ4n) is 2.47. The second-order valence-electron chi connectivity index (χ2n) is 6.00. The quantitative estimate of drug-likeness (QED) is 0.786. The molecule has 1 atom stereocenters. The van der Waals surface area contributed by atoms with Gasteiger partial charge >= 0.3 is 5.97 Å². The molecule has 0 heterocycles.